The van der Waals surface area contributed by atoms with E-state index in [2.05, 4.69) is 25.0 Å². The monoisotopic (exact) mass is 220 g/mol. The summed E-state index contributed by atoms with van der Waals surface area (Å²) in [5.41, 5.74) is 5.52. The van der Waals surface area contributed by atoms with Crippen LogP contribution in [0.25, 0.3) is 0 Å². The minimum atomic E-state index is 0.531. The zero-order chi connectivity index (χ0) is 10.3. The van der Waals surface area contributed by atoms with Crippen molar-refractivity contribution >= 4 is 29.0 Å². The summed E-state index contributed by atoms with van der Waals surface area (Å²) in [5.74, 6) is 1.21. The molecule has 2 N–H and O–H groups in total. The van der Waals surface area contributed by atoms with E-state index in [0.29, 0.717) is 11.0 Å². The Balaban J connectivity index is 3.74. The predicted molar refractivity (Wildman–Crippen MR) is 66.5 cm³/mol. The zero-order valence-electron chi connectivity index (χ0n) is 8.75. The lowest BCUT2D eigenvalue weighted by molar-refractivity contribution is 0.255. The fourth-order valence-corrected chi connectivity index (χ4v) is 1.72. The summed E-state index contributed by atoms with van der Waals surface area (Å²) in [5, 5.41) is 0. The Bertz CT molecular complexity index is 149. The van der Waals surface area contributed by atoms with Gasteiger partial charge >= 0.3 is 0 Å². The van der Waals surface area contributed by atoms with Gasteiger partial charge in [-0.3, -0.25) is 4.90 Å². The van der Waals surface area contributed by atoms with Gasteiger partial charge in [0, 0.05) is 12.6 Å². The summed E-state index contributed by atoms with van der Waals surface area (Å²) in [7, 11) is 0. The zero-order valence-corrected chi connectivity index (χ0v) is 10.4. The molecule has 0 saturated heterocycles. The van der Waals surface area contributed by atoms with Gasteiger partial charge in [-0.05, 0) is 38.8 Å². The summed E-state index contributed by atoms with van der Waals surface area (Å²) in [4.78, 5) is 2.91. The molecule has 0 aliphatic heterocycles. The molecule has 0 radical (unpaired) electrons. The molecule has 0 rings (SSSR count). The molecule has 0 unspecified atom stereocenters. The Morgan fingerprint density at radius 1 is 1.54 bits per heavy atom. The SMILES string of the molecule is CSCCCN(CC(N)=S)C(C)C. The molecule has 0 aromatic heterocycles. The van der Waals surface area contributed by atoms with Gasteiger partial charge in [0.2, 0.25) is 0 Å². The summed E-state index contributed by atoms with van der Waals surface area (Å²) >= 11 is 6.78. The van der Waals surface area contributed by atoms with Crippen molar-refractivity contribution in [2.45, 2.75) is 26.3 Å². The van der Waals surface area contributed by atoms with Gasteiger partial charge < -0.3 is 5.73 Å². The van der Waals surface area contributed by atoms with Crippen molar-refractivity contribution in [2.24, 2.45) is 5.73 Å². The summed E-state index contributed by atoms with van der Waals surface area (Å²) in [6, 6.07) is 0.531. The van der Waals surface area contributed by atoms with E-state index in [1.807, 2.05) is 11.8 Å². The number of hydrogen-bond donors (Lipinski definition) is 1. The van der Waals surface area contributed by atoms with Crippen LogP contribution in [0.15, 0.2) is 0 Å². The van der Waals surface area contributed by atoms with Gasteiger partial charge in [-0.2, -0.15) is 11.8 Å². The summed E-state index contributed by atoms with van der Waals surface area (Å²) in [6.07, 6.45) is 3.34. The average Bonchev–Trinajstić information content (AvgIpc) is 2.02. The number of rotatable bonds is 7. The van der Waals surface area contributed by atoms with Crippen molar-refractivity contribution in [3.05, 3.63) is 0 Å². The van der Waals surface area contributed by atoms with E-state index in [1.54, 1.807) is 0 Å². The molecule has 13 heavy (non-hydrogen) atoms. The van der Waals surface area contributed by atoms with Gasteiger partial charge in [0.15, 0.2) is 0 Å². The maximum Gasteiger partial charge on any atom is 0.0870 e. The van der Waals surface area contributed by atoms with E-state index < -0.39 is 0 Å². The fourth-order valence-electron chi connectivity index (χ4n) is 1.13. The Morgan fingerprint density at radius 2 is 2.15 bits per heavy atom. The second-order valence-electron chi connectivity index (χ2n) is 3.38. The van der Waals surface area contributed by atoms with E-state index in [-0.39, 0.29) is 0 Å². The molecular weight excluding hydrogens is 200 g/mol. The normalized spacial score (nSPS) is 11.2. The van der Waals surface area contributed by atoms with Crippen molar-refractivity contribution in [3.8, 4) is 0 Å². The number of nitrogens with zero attached hydrogens (tertiary/aromatic N) is 1. The molecular formula is C9H20N2S2. The lowest BCUT2D eigenvalue weighted by Crippen LogP contribution is -2.38. The molecule has 0 spiro atoms. The second kappa shape index (κ2) is 7.59. The molecule has 0 aromatic rings. The van der Waals surface area contributed by atoms with Crippen LogP contribution in [0.4, 0.5) is 0 Å². The lowest BCUT2D eigenvalue weighted by Gasteiger charge is -2.25. The highest BCUT2D eigenvalue weighted by Crippen LogP contribution is 2.02. The molecule has 2 nitrogen and oxygen atoms in total. The molecule has 0 bridgehead atoms. The first-order valence-electron chi connectivity index (χ1n) is 4.59. The topological polar surface area (TPSA) is 29.3 Å². The number of nitrogens with two attached hydrogens (primary N) is 1. The first-order valence-corrected chi connectivity index (χ1v) is 6.39. The van der Waals surface area contributed by atoms with E-state index in [1.165, 1.54) is 12.2 Å². The predicted octanol–water partition coefficient (Wildman–Crippen LogP) is 1.74. The minimum absolute atomic E-state index is 0.531. The standard InChI is InChI=1S/C9H20N2S2/c1-8(2)11(7-9(10)12)5-4-6-13-3/h8H,4-7H2,1-3H3,(H2,10,12). The van der Waals surface area contributed by atoms with Crippen LogP contribution in [0, 0.1) is 0 Å². The molecule has 0 heterocycles. The Labute approximate surface area is 91.2 Å². The minimum Gasteiger partial charge on any atom is -0.392 e. The molecule has 4 heteroatoms. The van der Waals surface area contributed by atoms with Crippen LogP contribution in [0.2, 0.25) is 0 Å². The highest BCUT2D eigenvalue weighted by molar-refractivity contribution is 7.98. The van der Waals surface area contributed by atoms with Crippen molar-refractivity contribution in [1.29, 1.82) is 0 Å². The third-order valence-electron chi connectivity index (χ3n) is 1.88. The third-order valence-corrected chi connectivity index (χ3v) is 2.71. The van der Waals surface area contributed by atoms with Crippen molar-refractivity contribution in [1.82, 2.24) is 4.90 Å². The average molecular weight is 220 g/mol. The maximum atomic E-state index is 5.52. The Kier molecular flexibility index (Phi) is 7.71. The van der Waals surface area contributed by atoms with Crippen LogP contribution >= 0.6 is 24.0 Å². The molecule has 0 aromatic carbocycles. The molecule has 0 aliphatic carbocycles. The van der Waals surface area contributed by atoms with Crippen LogP contribution in [0.5, 0.6) is 0 Å². The van der Waals surface area contributed by atoms with Crippen molar-refractivity contribution < 1.29 is 0 Å². The van der Waals surface area contributed by atoms with E-state index in [4.69, 9.17) is 18.0 Å². The molecule has 78 valence electrons. The van der Waals surface area contributed by atoms with Crippen LogP contribution in [0.1, 0.15) is 20.3 Å². The summed E-state index contributed by atoms with van der Waals surface area (Å²) < 4.78 is 0. The van der Waals surface area contributed by atoms with Gasteiger partial charge in [0.05, 0.1) is 4.99 Å². The van der Waals surface area contributed by atoms with Gasteiger partial charge in [0.1, 0.15) is 0 Å². The van der Waals surface area contributed by atoms with Crippen LogP contribution in [0.3, 0.4) is 0 Å². The smallest absolute Gasteiger partial charge is 0.0870 e. The molecule has 0 saturated carbocycles. The third kappa shape index (κ3) is 7.28. The molecule has 0 amide bonds. The first kappa shape index (κ1) is 13.2. The molecule has 0 fully saturated rings. The number of thioether (sulfide) groups is 1. The van der Waals surface area contributed by atoms with E-state index in [9.17, 15) is 0 Å². The summed E-state index contributed by atoms with van der Waals surface area (Å²) in [6.45, 7) is 6.20. The molecule has 0 aliphatic rings. The van der Waals surface area contributed by atoms with E-state index >= 15 is 0 Å². The Morgan fingerprint density at radius 3 is 2.54 bits per heavy atom. The van der Waals surface area contributed by atoms with Crippen molar-refractivity contribution in [2.75, 3.05) is 25.1 Å². The molecule has 0 atom stereocenters. The van der Waals surface area contributed by atoms with Crippen LogP contribution in [-0.4, -0.2) is 41.0 Å². The highest BCUT2D eigenvalue weighted by Gasteiger charge is 2.09. The van der Waals surface area contributed by atoms with Gasteiger partial charge in [-0.25, -0.2) is 0 Å². The number of hydrogen-bond acceptors (Lipinski definition) is 3. The van der Waals surface area contributed by atoms with Crippen molar-refractivity contribution in [3.63, 3.8) is 0 Å². The van der Waals surface area contributed by atoms with E-state index in [0.717, 1.165) is 13.1 Å². The van der Waals surface area contributed by atoms with Gasteiger partial charge in [-0.15, -0.1) is 0 Å². The fraction of sp³-hybridized carbons (Fsp3) is 0.889. The maximum absolute atomic E-state index is 5.52. The largest absolute Gasteiger partial charge is 0.392 e. The van der Waals surface area contributed by atoms with Gasteiger partial charge in [-0.1, -0.05) is 12.2 Å². The second-order valence-corrected chi connectivity index (χ2v) is 4.89. The van der Waals surface area contributed by atoms with Gasteiger partial charge in [0.25, 0.3) is 0 Å². The Hall–Kier alpha value is 0.200. The number of thiocarbonyl (C=S) groups is 1. The first-order chi connectivity index (χ1) is 6.07. The lowest BCUT2D eigenvalue weighted by atomic mass is 10.3. The van der Waals surface area contributed by atoms with Crippen LogP contribution in [-0.2, 0) is 0 Å². The van der Waals surface area contributed by atoms with Crippen LogP contribution < -0.4 is 5.73 Å². The highest BCUT2D eigenvalue weighted by atomic mass is 32.2. The quantitative estimate of drug-likeness (QED) is 0.523.